The predicted octanol–water partition coefficient (Wildman–Crippen LogP) is 2.81. The highest BCUT2D eigenvalue weighted by Crippen LogP contribution is 2.33. The fourth-order valence-electron chi connectivity index (χ4n) is 3.21. The lowest BCUT2D eigenvalue weighted by molar-refractivity contribution is -0.384. The molecule has 1 heterocycles. The van der Waals surface area contributed by atoms with Gasteiger partial charge < -0.3 is 10.2 Å². The zero-order valence-electron chi connectivity index (χ0n) is 12.6. The van der Waals surface area contributed by atoms with Crippen LogP contribution in [0.5, 0.6) is 0 Å². The van der Waals surface area contributed by atoms with Crippen LogP contribution in [0.3, 0.4) is 0 Å². The number of non-ortho nitro benzene ring substituents is 1. The SMILES string of the molecule is C[C@@H]1NCCN(c2ccc([N+](=O)[O-])cc2)C1C(C)(C)C. The summed E-state index contributed by atoms with van der Waals surface area (Å²) in [6.45, 7) is 10.8. The minimum atomic E-state index is -0.356. The number of anilines is 1. The van der Waals surface area contributed by atoms with Crippen LogP contribution in [0.1, 0.15) is 27.7 Å². The van der Waals surface area contributed by atoms with Crippen molar-refractivity contribution in [1.82, 2.24) is 5.32 Å². The lowest BCUT2D eigenvalue weighted by Crippen LogP contribution is -2.61. The summed E-state index contributed by atoms with van der Waals surface area (Å²) >= 11 is 0. The Balaban J connectivity index is 2.30. The molecule has 0 bridgehead atoms. The van der Waals surface area contributed by atoms with E-state index >= 15 is 0 Å². The van der Waals surface area contributed by atoms with Crippen molar-refractivity contribution in [2.24, 2.45) is 5.41 Å². The molecule has 20 heavy (non-hydrogen) atoms. The summed E-state index contributed by atoms with van der Waals surface area (Å²) in [5.41, 5.74) is 1.34. The van der Waals surface area contributed by atoms with Crippen molar-refractivity contribution in [3.05, 3.63) is 34.4 Å². The third kappa shape index (κ3) is 2.93. The van der Waals surface area contributed by atoms with Crippen LogP contribution in [0.2, 0.25) is 0 Å². The maximum Gasteiger partial charge on any atom is 0.269 e. The van der Waals surface area contributed by atoms with Crippen LogP contribution in [-0.4, -0.2) is 30.1 Å². The summed E-state index contributed by atoms with van der Waals surface area (Å²) in [6.07, 6.45) is 0. The van der Waals surface area contributed by atoms with Gasteiger partial charge in [-0.05, 0) is 24.5 Å². The van der Waals surface area contributed by atoms with Gasteiger partial charge in [0.05, 0.1) is 4.92 Å². The molecule has 5 heteroatoms. The second-order valence-corrected chi connectivity index (χ2v) is 6.52. The molecular weight excluding hydrogens is 254 g/mol. The van der Waals surface area contributed by atoms with Gasteiger partial charge in [0.25, 0.3) is 5.69 Å². The Morgan fingerprint density at radius 1 is 1.30 bits per heavy atom. The number of hydrogen-bond acceptors (Lipinski definition) is 4. The fourth-order valence-corrected chi connectivity index (χ4v) is 3.21. The maximum atomic E-state index is 10.7. The lowest BCUT2D eigenvalue weighted by Gasteiger charge is -2.48. The van der Waals surface area contributed by atoms with Crippen LogP contribution in [0.4, 0.5) is 11.4 Å². The molecular formula is C15H23N3O2. The molecule has 1 N–H and O–H groups in total. The Morgan fingerprint density at radius 3 is 2.40 bits per heavy atom. The van der Waals surface area contributed by atoms with Gasteiger partial charge in [-0.15, -0.1) is 0 Å². The minimum absolute atomic E-state index is 0.134. The van der Waals surface area contributed by atoms with Crippen LogP contribution in [0, 0.1) is 15.5 Å². The first kappa shape index (κ1) is 14.8. The average Bonchev–Trinajstić information content (AvgIpc) is 2.37. The summed E-state index contributed by atoms with van der Waals surface area (Å²) < 4.78 is 0. The van der Waals surface area contributed by atoms with Gasteiger partial charge in [-0.1, -0.05) is 20.8 Å². The summed E-state index contributed by atoms with van der Waals surface area (Å²) in [5.74, 6) is 0. The second-order valence-electron chi connectivity index (χ2n) is 6.52. The molecule has 5 nitrogen and oxygen atoms in total. The maximum absolute atomic E-state index is 10.7. The molecule has 0 aromatic heterocycles. The minimum Gasteiger partial charge on any atom is -0.365 e. The molecule has 1 unspecified atom stereocenters. The summed E-state index contributed by atoms with van der Waals surface area (Å²) in [5, 5.41) is 14.3. The molecule has 1 aromatic carbocycles. The number of rotatable bonds is 2. The molecule has 0 amide bonds. The highest BCUT2D eigenvalue weighted by atomic mass is 16.6. The van der Waals surface area contributed by atoms with Crippen molar-refractivity contribution >= 4 is 11.4 Å². The molecule has 1 fully saturated rings. The molecule has 1 aromatic rings. The van der Waals surface area contributed by atoms with Gasteiger partial charge in [0.2, 0.25) is 0 Å². The molecule has 0 spiro atoms. The second kappa shape index (κ2) is 5.40. The van der Waals surface area contributed by atoms with E-state index in [1.807, 2.05) is 12.1 Å². The normalized spacial score (nSPS) is 23.7. The van der Waals surface area contributed by atoms with Crippen molar-refractivity contribution in [3.63, 3.8) is 0 Å². The molecule has 1 aliphatic heterocycles. The zero-order chi connectivity index (χ0) is 14.9. The topological polar surface area (TPSA) is 58.4 Å². The lowest BCUT2D eigenvalue weighted by atomic mass is 9.80. The largest absolute Gasteiger partial charge is 0.365 e. The molecule has 2 rings (SSSR count). The van der Waals surface area contributed by atoms with E-state index in [9.17, 15) is 10.1 Å². The van der Waals surface area contributed by atoms with E-state index in [1.165, 1.54) is 0 Å². The van der Waals surface area contributed by atoms with Crippen LogP contribution < -0.4 is 10.2 Å². The Morgan fingerprint density at radius 2 is 1.90 bits per heavy atom. The highest BCUT2D eigenvalue weighted by molar-refractivity contribution is 5.52. The average molecular weight is 277 g/mol. The molecule has 1 aliphatic rings. The third-order valence-electron chi connectivity index (χ3n) is 3.91. The fraction of sp³-hybridized carbons (Fsp3) is 0.600. The summed E-state index contributed by atoms with van der Waals surface area (Å²) in [6, 6.07) is 7.63. The Bertz CT molecular complexity index is 479. The molecule has 1 saturated heterocycles. The number of benzene rings is 1. The van der Waals surface area contributed by atoms with E-state index in [-0.39, 0.29) is 16.0 Å². The number of nitro groups is 1. The van der Waals surface area contributed by atoms with E-state index in [4.69, 9.17) is 0 Å². The molecule has 0 radical (unpaired) electrons. The first-order chi connectivity index (χ1) is 9.30. The Kier molecular flexibility index (Phi) is 3.99. The first-order valence-corrected chi connectivity index (χ1v) is 7.05. The Hall–Kier alpha value is -1.62. The number of nitrogens with zero attached hydrogens (tertiary/aromatic N) is 2. The van der Waals surface area contributed by atoms with Crippen LogP contribution in [-0.2, 0) is 0 Å². The van der Waals surface area contributed by atoms with Gasteiger partial charge in [0, 0.05) is 43.0 Å². The quantitative estimate of drug-likeness (QED) is 0.667. The highest BCUT2D eigenvalue weighted by Gasteiger charge is 2.37. The van der Waals surface area contributed by atoms with E-state index < -0.39 is 0 Å². The van der Waals surface area contributed by atoms with Gasteiger partial charge in [0.15, 0.2) is 0 Å². The van der Waals surface area contributed by atoms with Crippen molar-refractivity contribution in [1.29, 1.82) is 0 Å². The van der Waals surface area contributed by atoms with Crippen molar-refractivity contribution in [3.8, 4) is 0 Å². The molecule has 0 saturated carbocycles. The van der Waals surface area contributed by atoms with Crippen molar-refractivity contribution in [2.75, 3.05) is 18.0 Å². The van der Waals surface area contributed by atoms with Crippen molar-refractivity contribution < 1.29 is 4.92 Å². The smallest absolute Gasteiger partial charge is 0.269 e. The van der Waals surface area contributed by atoms with E-state index in [0.717, 1.165) is 18.8 Å². The standard InChI is InChI=1S/C15H23N3O2/c1-11-14(15(2,3)4)17(10-9-16-11)12-5-7-13(8-6-12)18(19)20/h5-8,11,14,16H,9-10H2,1-4H3/t11-,14?/m0/s1. The third-order valence-corrected chi connectivity index (χ3v) is 3.91. The molecule has 0 aliphatic carbocycles. The van der Waals surface area contributed by atoms with E-state index in [0.29, 0.717) is 12.1 Å². The van der Waals surface area contributed by atoms with E-state index in [1.54, 1.807) is 12.1 Å². The number of nitro benzene ring substituents is 1. The van der Waals surface area contributed by atoms with Crippen LogP contribution in [0.25, 0.3) is 0 Å². The van der Waals surface area contributed by atoms with Crippen LogP contribution in [0.15, 0.2) is 24.3 Å². The number of hydrogen-bond donors (Lipinski definition) is 1. The first-order valence-electron chi connectivity index (χ1n) is 7.05. The summed E-state index contributed by atoms with van der Waals surface area (Å²) in [4.78, 5) is 12.8. The van der Waals surface area contributed by atoms with Gasteiger partial charge >= 0.3 is 0 Å². The van der Waals surface area contributed by atoms with Gasteiger partial charge in [-0.2, -0.15) is 0 Å². The van der Waals surface area contributed by atoms with Gasteiger partial charge in [-0.3, -0.25) is 10.1 Å². The van der Waals surface area contributed by atoms with Gasteiger partial charge in [-0.25, -0.2) is 0 Å². The molecule has 110 valence electrons. The summed E-state index contributed by atoms with van der Waals surface area (Å²) in [7, 11) is 0. The Labute approximate surface area is 120 Å². The monoisotopic (exact) mass is 277 g/mol. The number of piperazine rings is 1. The van der Waals surface area contributed by atoms with Gasteiger partial charge in [0.1, 0.15) is 0 Å². The van der Waals surface area contributed by atoms with E-state index in [2.05, 4.69) is 37.9 Å². The van der Waals surface area contributed by atoms with Crippen molar-refractivity contribution in [2.45, 2.75) is 39.8 Å². The predicted molar refractivity (Wildman–Crippen MR) is 81.2 cm³/mol. The zero-order valence-corrected chi connectivity index (χ0v) is 12.6. The van der Waals surface area contributed by atoms with Crippen LogP contribution >= 0.6 is 0 Å². The number of nitrogens with one attached hydrogen (secondary N) is 1. The molecule has 2 atom stereocenters.